The van der Waals surface area contributed by atoms with E-state index >= 15 is 0 Å². The third-order valence-corrected chi connectivity index (χ3v) is 3.84. The maximum absolute atomic E-state index is 12.2. The zero-order valence-corrected chi connectivity index (χ0v) is 12.0. The van der Waals surface area contributed by atoms with Crippen LogP contribution in [-0.4, -0.2) is 12.1 Å². The molecule has 0 spiro atoms. The maximum Gasteiger partial charge on any atom is 0.319 e. The molecule has 108 valence electrons. The SMILES string of the molecule is Cc1cccc(NC(=O)NC2c3ccccc3CC2N)c1. The van der Waals surface area contributed by atoms with E-state index in [-0.39, 0.29) is 18.1 Å². The molecule has 0 fully saturated rings. The van der Waals surface area contributed by atoms with E-state index in [1.54, 1.807) is 0 Å². The fraction of sp³-hybridized carbons (Fsp3) is 0.235. The van der Waals surface area contributed by atoms with Crippen molar-refractivity contribution in [2.24, 2.45) is 5.73 Å². The first kappa shape index (κ1) is 13.6. The molecule has 0 bridgehead atoms. The number of nitrogens with one attached hydrogen (secondary N) is 2. The maximum atomic E-state index is 12.2. The number of urea groups is 1. The summed E-state index contributed by atoms with van der Waals surface area (Å²) in [5.41, 5.74) is 10.4. The van der Waals surface area contributed by atoms with Crippen LogP contribution >= 0.6 is 0 Å². The predicted octanol–water partition coefficient (Wildman–Crippen LogP) is 2.74. The summed E-state index contributed by atoms with van der Waals surface area (Å²) in [5, 5.41) is 5.83. The molecular weight excluding hydrogens is 262 g/mol. The van der Waals surface area contributed by atoms with Crippen LogP contribution in [0.4, 0.5) is 10.5 Å². The summed E-state index contributed by atoms with van der Waals surface area (Å²) in [6.45, 7) is 1.99. The van der Waals surface area contributed by atoms with Crippen LogP contribution in [0.1, 0.15) is 22.7 Å². The number of anilines is 1. The average Bonchev–Trinajstić information content (AvgIpc) is 2.75. The molecule has 1 aliphatic carbocycles. The Labute approximate surface area is 124 Å². The Morgan fingerprint density at radius 3 is 2.81 bits per heavy atom. The summed E-state index contributed by atoms with van der Waals surface area (Å²) in [6, 6.07) is 15.3. The van der Waals surface area contributed by atoms with Crippen molar-refractivity contribution in [2.75, 3.05) is 5.32 Å². The number of carbonyl (C=O) groups excluding carboxylic acids is 1. The summed E-state index contributed by atoms with van der Waals surface area (Å²) >= 11 is 0. The van der Waals surface area contributed by atoms with Gasteiger partial charge in [-0.05, 0) is 42.2 Å². The molecule has 4 N–H and O–H groups in total. The van der Waals surface area contributed by atoms with Crippen molar-refractivity contribution in [2.45, 2.75) is 25.4 Å². The summed E-state index contributed by atoms with van der Waals surface area (Å²) < 4.78 is 0. The first-order chi connectivity index (χ1) is 10.1. The minimum Gasteiger partial charge on any atom is -0.329 e. The zero-order valence-electron chi connectivity index (χ0n) is 12.0. The molecular formula is C17H19N3O. The Kier molecular flexibility index (Phi) is 3.62. The number of amides is 2. The fourth-order valence-corrected chi connectivity index (χ4v) is 2.84. The Morgan fingerprint density at radius 1 is 1.19 bits per heavy atom. The van der Waals surface area contributed by atoms with Gasteiger partial charge in [-0.3, -0.25) is 0 Å². The van der Waals surface area contributed by atoms with Crippen LogP contribution in [0.5, 0.6) is 0 Å². The summed E-state index contributed by atoms with van der Waals surface area (Å²) in [6.07, 6.45) is 0.797. The Bertz CT molecular complexity index is 669. The monoisotopic (exact) mass is 281 g/mol. The second-order valence-electron chi connectivity index (χ2n) is 5.51. The number of nitrogens with two attached hydrogens (primary N) is 1. The molecule has 1 aliphatic rings. The van der Waals surface area contributed by atoms with Crippen LogP contribution in [-0.2, 0) is 6.42 Å². The Balaban J connectivity index is 1.70. The highest BCUT2D eigenvalue weighted by Crippen LogP contribution is 2.30. The van der Waals surface area contributed by atoms with Crippen molar-refractivity contribution in [3.05, 3.63) is 65.2 Å². The van der Waals surface area contributed by atoms with Gasteiger partial charge < -0.3 is 16.4 Å². The van der Waals surface area contributed by atoms with Crippen LogP contribution in [0.2, 0.25) is 0 Å². The highest BCUT2D eigenvalue weighted by atomic mass is 16.2. The average molecular weight is 281 g/mol. The molecule has 0 aliphatic heterocycles. The van der Waals surface area contributed by atoms with Crippen LogP contribution in [0.3, 0.4) is 0 Å². The van der Waals surface area contributed by atoms with Gasteiger partial charge in [0.2, 0.25) is 0 Å². The number of benzene rings is 2. The highest BCUT2D eigenvalue weighted by Gasteiger charge is 2.30. The lowest BCUT2D eigenvalue weighted by atomic mass is 10.1. The lowest BCUT2D eigenvalue weighted by molar-refractivity contribution is 0.247. The van der Waals surface area contributed by atoms with Gasteiger partial charge in [-0.15, -0.1) is 0 Å². The van der Waals surface area contributed by atoms with Crippen LogP contribution in [0.25, 0.3) is 0 Å². The topological polar surface area (TPSA) is 67.2 Å². The summed E-state index contributed by atoms with van der Waals surface area (Å²) in [4.78, 5) is 12.2. The standard InChI is InChI=1S/C17H19N3O/c1-11-5-4-7-13(9-11)19-17(21)20-16-14-8-3-2-6-12(14)10-15(16)18/h2-9,15-16H,10,18H2,1H3,(H2,19,20,21). The van der Waals surface area contributed by atoms with Gasteiger partial charge in [0.05, 0.1) is 6.04 Å². The van der Waals surface area contributed by atoms with Crippen molar-refractivity contribution in [1.29, 1.82) is 0 Å². The number of aryl methyl sites for hydroxylation is 1. The van der Waals surface area contributed by atoms with Crippen LogP contribution in [0.15, 0.2) is 48.5 Å². The smallest absolute Gasteiger partial charge is 0.319 e. The summed E-state index contributed by atoms with van der Waals surface area (Å²) in [5.74, 6) is 0. The van der Waals surface area contributed by atoms with Crippen molar-refractivity contribution in [3.63, 3.8) is 0 Å². The third-order valence-electron chi connectivity index (χ3n) is 3.84. The minimum absolute atomic E-state index is 0.0781. The first-order valence-electron chi connectivity index (χ1n) is 7.11. The quantitative estimate of drug-likeness (QED) is 0.792. The second kappa shape index (κ2) is 5.58. The van der Waals surface area contributed by atoms with E-state index in [4.69, 9.17) is 5.73 Å². The van der Waals surface area contributed by atoms with Gasteiger partial charge in [0.25, 0.3) is 0 Å². The molecule has 21 heavy (non-hydrogen) atoms. The predicted molar refractivity (Wildman–Crippen MR) is 84.2 cm³/mol. The molecule has 2 atom stereocenters. The van der Waals surface area contributed by atoms with Gasteiger partial charge in [0.1, 0.15) is 0 Å². The van der Waals surface area contributed by atoms with Crippen molar-refractivity contribution in [3.8, 4) is 0 Å². The molecule has 2 unspecified atom stereocenters. The molecule has 4 heteroatoms. The highest BCUT2D eigenvalue weighted by molar-refractivity contribution is 5.89. The van der Waals surface area contributed by atoms with E-state index in [2.05, 4.69) is 16.7 Å². The van der Waals surface area contributed by atoms with Crippen LogP contribution < -0.4 is 16.4 Å². The van der Waals surface area contributed by atoms with Gasteiger partial charge in [-0.1, -0.05) is 36.4 Å². The lowest BCUT2D eigenvalue weighted by Crippen LogP contribution is -2.40. The summed E-state index contributed by atoms with van der Waals surface area (Å²) in [7, 11) is 0. The molecule has 2 aromatic carbocycles. The van der Waals surface area contributed by atoms with Gasteiger partial charge in [-0.25, -0.2) is 4.79 Å². The second-order valence-corrected chi connectivity index (χ2v) is 5.51. The van der Waals surface area contributed by atoms with Crippen molar-refractivity contribution in [1.82, 2.24) is 5.32 Å². The molecule has 0 saturated heterocycles. The van der Waals surface area contributed by atoms with E-state index in [0.717, 1.165) is 23.2 Å². The Hall–Kier alpha value is -2.33. The lowest BCUT2D eigenvalue weighted by Gasteiger charge is -2.19. The molecule has 2 amide bonds. The van der Waals surface area contributed by atoms with Crippen LogP contribution in [0, 0.1) is 6.92 Å². The minimum atomic E-state index is -0.224. The molecule has 4 nitrogen and oxygen atoms in total. The van der Waals surface area contributed by atoms with Gasteiger partial charge in [0, 0.05) is 11.7 Å². The van der Waals surface area contributed by atoms with E-state index < -0.39 is 0 Å². The normalized spacial score (nSPS) is 19.9. The van der Waals surface area contributed by atoms with Gasteiger partial charge in [0.15, 0.2) is 0 Å². The molecule has 0 aromatic heterocycles. The van der Waals surface area contributed by atoms with Gasteiger partial charge in [-0.2, -0.15) is 0 Å². The molecule has 3 rings (SSSR count). The number of fused-ring (bicyclic) bond motifs is 1. The van der Waals surface area contributed by atoms with E-state index in [1.165, 1.54) is 5.56 Å². The number of hydrogen-bond donors (Lipinski definition) is 3. The fourth-order valence-electron chi connectivity index (χ4n) is 2.84. The molecule has 0 heterocycles. The molecule has 0 radical (unpaired) electrons. The number of carbonyl (C=O) groups is 1. The largest absolute Gasteiger partial charge is 0.329 e. The Morgan fingerprint density at radius 2 is 2.00 bits per heavy atom. The van der Waals surface area contributed by atoms with Gasteiger partial charge >= 0.3 is 6.03 Å². The third kappa shape index (κ3) is 2.90. The molecule has 0 saturated carbocycles. The number of rotatable bonds is 2. The molecule has 2 aromatic rings. The first-order valence-corrected chi connectivity index (χ1v) is 7.11. The van der Waals surface area contributed by atoms with Crippen molar-refractivity contribution < 1.29 is 4.79 Å². The number of hydrogen-bond acceptors (Lipinski definition) is 2. The van der Waals surface area contributed by atoms with Crippen molar-refractivity contribution >= 4 is 11.7 Å². The van der Waals surface area contributed by atoms with E-state index in [0.29, 0.717) is 0 Å². The van der Waals surface area contributed by atoms with E-state index in [1.807, 2.05) is 49.4 Å². The van der Waals surface area contributed by atoms with E-state index in [9.17, 15) is 4.79 Å². The zero-order chi connectivity index (χ0) is 14.8.